The summed E-state index contributed by atoms with van der Waals surface area (Å²) in [6, 6.07) is 0.184. The molecule has 0 saturated heterocycles. The third-order valence-corrected chi connectivity index (χ3v) is 4.65. The zero-order chi connectivity index (χ0) is 15.6. The Hall–Kier alpha value is -0.810. The SMILES string of the molecule is CCCN(C(=O)OC(C)(C)C)[C@H]1CCc2nc(Cl)sc2C1. The van der Waals surface area contributed by atoms with Gasteiger partial charge in [0.25, 0.3) is 0 Å². The van der Waals surface area contributed by atoms with E-state index in [9.17, 15) is 4.79 Å². The average Bonchev–Trinajstić information content (AvgIpc) is 2.72. The number of thiazole rings is 1. The van der Waals surface area contributed by atoms with E-state index in [1.807, 2.05) is 25.7 Å². The Morgan fingerprint density at radius 2 is 2.24 bits per heavy atom. The first-order chi connectivity index (χ1) is 9.80. The molecule has 0 fully saturated rings. The second-order valence-electron chi connectivity index (χ2n) is 6.41. The van der Waals surface area contributed by atoms with Crippen LogP contribution in [0, 0.1) is 0 Å². The van der Waals surface area contributed by atoms with Gasteiger partial charge in [0.1, 0.15) is 5.60 Å². The third-order valence-electron chi connectivity index (χ3n) is 3.42. The molecule has 6 heteroatoms. The summed E-state index contributed by atoms with van der Waals surface area (Å²) >= 11 is 7.52. The van der Waals surface area contributed by atoms with Gasteiger partial charge in [0.15, 0.2) is 4.47 Å². The Morgan fingerprint density at radius 3 is 2.86 bits per heavy atom. The summed E-state index contributed by atoms with van der Waals surface area (Å²) in [6.07, 6.45) is 3.34. The molecule has 1 amide bonds. The molecule has 0 radical (unpaired) electrons. The number of hydrogen-bond acceptors (Lipinski definition) is 4. The van der Waals surface area contributed by atoms with Crippen molar-refractivity contribution >= 4 is 29.0 Å². The number of rotatable bonds is 3. The monoisotopic (exact) mass is 330 g/mol. The van der Waals surface area contributed by atoms with Crippen molar-refractivity contribution in [1.82, 2.24) is 9.88 Å². The first-order valence-electron chi connectivity index (χ1n) is 7.44. The van der Waals surface area contributed by atoms with Crippen molar-refractivity contribution in [2.75, 3.05) is 6.54 Å². The van der Waals surface area contributed by atoms with Crippen molar-refractivity contribution in [1.29, 1.82) is 0 Å². The van der Waals surface area contributed by atoms with Gasteiger partial charge in [-0.3, -0.25) is 0 Å². The molecule has 0 aromatic carbocycles. The normalized spacial score (nSPS) is 18.2. The molecule has 0 spiro atoms. The molecule has 21 heavy (non-hydrogen) atoms. The Kier molecular flexibility index (Phi) is 5.15. The summed E-state index contributed by atoms with van der Waals surface area (Å²) in [5, 5.41) is 0. The van der Waals surface area contributed by atoms with E-state index in [2.05, 4.69) is 11.9 Å². The molecule has 1 aliphatic rings. The van der Waals surface area contributed by atoms with E-state index in [1.165, 1.54) is 16.2 Å². The van der Waals surface area contributed by atoms with Gasteiger partial charge in [0.2, 0.25) is 0 Å². The average molecular weight is 331 g/mol. The number of carbonyl (C=O) groups is 1. The molecule has 0 saturated carbocycles. The van der Waals surface area contributed by atoms with Crippen molar-refractivity contribution < 1.29 is 9.53 Å². The molecule has 1 aromatic heterocycles. The number of aryl methyl sites for hydroxylation is 1. The number of halogens is 1. The quantitative estimate of drug-likeness (QED) is 0.829. The highest BCUT2D eigenvalue weighted by Crippen LogP contribution is 2.31. The van der Waals surface area contributed by atoms with Crippen molar-refractivity contribution in [3.8, 4) is 0 Å². The van der Waals surface area contributed by atoms with Crippen LogP contribution in [0.3, 0.4) is 0 Å². The molecular weight excluding hydrogens is 308 g/mol. The fourth-order valence-corrected chi connectivity index (χ4v) is 3.86. The first-order valence-corrected chi connectivity index (χ1v) is 8.63. The minimum absolute atomic E-state index is 0.184. The van der Waals surface area contributed by atoms with E-state index >= 15 is 0 Å². The van der Waals surface area contributed by atoms with Gasteiger partial charge in [-0.15, -0.1) is 11.3 Å². The van der Waals surface area contributed by atoms with Gasteiger partial charge in [-0.25, -0.2) is 9.78 Å². The lowest BCUT2D eigenvalue weighted by atomic mass is 9.96. The molecule has 1 atom stereocenters. The summed E-state index contributed by atoms with van der Waals surface area (Å²) < 4.78 is 6.14. The highest BCUT2D eigenvalue weighted by Gasteiger charge is 2.31. The van der Waals surface area contributed by atoms with E-state index in [1.54, 1.807) is 0 Å². The van der Waals surface area contributed by atoms with Gasteiger partial charge in [-0.2, -0.15) is 0 Å². The lowest BCUT2D eigenvalue weighted by Crippen LogP contribution is -2.46. The van der Waals surface area contributed by atoms with Crippen LogP contribution in [-0.4, -0.2) is 34.2 Å². The van der Waals surface area contributed by atoms with Gasteiger partial charge < -0.3 is 9.64 Å². The van der Waals surface area contributed by atoms with E-state index in [4.69, 9.17) is 16.3 Å². The largest absolute Gasteiger partial charge is 0.444 e. The molecule has 1 heterocycles. The summed E-state index contributed by atoms with van der Waals surface area (Å²) in [6.45, 7) is 8.50. The predicted molar refractivity (Wildman–Crippen MR) is 86.2 cm³/mol. The second kappa shape index (κ2) is 6.53. The van der Waals surface area contributed by atoms with Gasteiger partial charge in [-0.05, 0) is 40.0 Å². The summed E-state index contributed by atoms with van der Waals surface area (Å²) in [4.78, 5) is 19.9. The van der Waals surface area contributed by atoms with Gasteiger partial charge in [0.05, 0.1) is 5.69 Å². The summed E-state index contributed by atoms with van der Waals surface area (Å²) in [5.74, 6) is 0. The van der Waals surface area contributed by atoms with Crippen LogP contribution in [0.4, 0.5) is 4.79 Å². The molecule has 0 aliphatic heterocycles. The maximum atomic E-state index is 12.4. The Morgan fingerprint density at radius 1 is 1.52 bits per heavy atom. The number of hydrogen-bond donors (Lipinski definition) is 0. The first kappa shape index (κ1) is 16.6. The second-order valence-corrected chi connectivity index (χ2v) is 8.07. The maximum absolute atomic E-state index is 12.4. The van der Waals surface area contributed by atoms with Crippen LogP contribution in [0.25, 0.3) is 0 Å². The number of fused-ring (bicyclic) bond motifs is 1. The van der Waals surface area contributed by atoms with E-state index in [0.717, 1.165) is 37.9 Å². The number of amides is 1. The highest BCUT2D eigenvalue weighted by molar-refractivity contribution is 7.15. The lowest BCUT2D eigenvalue weighted by molar-refractivity contribution is 0.0147. The zero-order valence-corrected chi connectivity index (χ0v) is 14.7. The molecule has 0 N–H and O–H groups in total. The molecular formula is C15H23ClN2O2S. The van der Waals surface area contributed by atoms with Gasteiger partial charge >= 0.3 is 6.09 Å². The van der Waals surface area contributed by atoms with Crippen LogP contribution in [0.1, 0.15) is 51.1 Å². The van der Waals surface area contributed by atoms with Crippen LogP contribution < -0.4 is 0 Å². The topological polar surface area (TPSA) is 42.4 Å². The number of carbonyl (C=O) groups excluding carboxylic acids is 1. The standard InChI is InChI=1S/C15H23ClN2O2S/c1-5-8-18(14(19)20-15(2,3)4)10-6-7-11-12(9-10)21-13(16)17-11/h10H,5-9H2,1-4H3/t10-/m0/s1. The van der Waals surface area contributed by atoms with Crippen LogP contribution in [0.2, 0.25) is 4.47 Å². The smallest absolute Gasteiger partial charge is 0.410 e. The van der Waals surface area contributed by atoms with Gasteiger partial charge in [-0.1, -0.05) is 18.5 Å². The predicted octanol–water partition coefficient (Wildman–Crippen LogP) is 4.30. The summed E-state index contributed by atoms with van der Waals surface area (Å²) in [7, 11) is 0. The minimum atomic E-state index is -0.462. The summed E-state index contributed by atoms with van der Waals surface area (Å²) in [5.41, 5.74) is 0.637. The van der Waals surface area contributed by atoms with Crippen LogP contribution >= 0.6 is 22.9 Å². The molecule has 0 unspecified atom stereocenters. The maximum Gasteiger partial charge on any atom is 0.410 e. The molecule has 118 valence electrons. The minimum Gasteiger partial charge on any atom is -0.444 e. The van der Waals surface area contributed by atoms with Gasteiger partial charge in [0, 0.05) is 23.9 Å². The zero-order valence-electron chi connectivity index (χ0n) is 13.1. The third kappa shape index (κ3) is 4.33. The number of ether oxygens (including phenoxy) is 1. The molecule has 1 aliphatic carbocycles. The lowest BCUT2D eigenvalue weighted by Gasteiger charge is -2.35. The van der Waals surface area contributed by atoms with Crippen LogP contribution in [0.15, 0.2) is 0 Å². The van der Waals surface area contributed by atoms with Crippen LogP contribution in [0.5, 0.6) is 0 Å². The number of aromatic nitrogens is 1. The van der Waals surface area contributed by atoms with E-state index in [-0.39, 0.29) is 12.1 Å². The van der Waals surface area contributed by atoms with Crippen molar-refractivity contribution in [2.24, 2.45) is 0 Å². The molecule has 1 aromatic rings. The van der Waals surface area contributed by atoms with Crippen molar-refractivity contribution in [3.63, 3.8) is 0 Å². The number of nitrogens with zero attached hydrogens (tertiary/aromatic N) is 2. The molecule has 2 rings (SSSR count). The van der Waals surface area contributed by atoms with Crippen molar-refractivity contribution in [2.45, 2.75) is 65.0 Å². The molecule has 0 bridgehead atoms. The van der Waals surface area contributed by atoms with Crippen molar-refractivity contribution in [3.05, 3.63) is 15.0 Å². The van der Waals surface area contributed by atoms with E-state index < -0.39 is 5.60 Å². The molecule has 4 nitrogen and oxygen atoms in total. The van der Waals surface area contributed by atoms with Crippen LogP contribution in [-0.2, 0) is 17.6 Å². The fraction of sp³-hybridized carbons (Fsp3) is 0.733. The fourth-order valence-electron chi connectivity index (χ4n) is 2.58. The van der Waals surface area contributed by atoms with E-state index in [0.29, 0.717) is 4.47 Å². The Bertz CT molecular complexity index is 510. The Labute approximate surface area is 135 Å². The Balaban J connectivity index is 2.10. The highest BCUT2D eigenvalue weighted by atomic mass is 35.5.